The Hall–Kier alpha value is -1.88. The molecule has 0 unspecified atom stereocenters. The maximum atomic E-state index is 11.8. The fourth-order valence-corrected chi connectivity index (χ4v) is 1.86. The lowest BCUT2D eigenvalue weighted by atomic mass is 10.1. The van der Waals surface area contributed by atoms with E-state index in [9.17, 15) is 9.59 Å². The first-order chi connectivity index (χ1) is 9.67. The number of amides is 2. The summed E-state index contributed by atoms with van der Waals surface area (Å²) in [4.78, 5) is 23.6. The molecule has 110 valence electrons. The zero-order valence-corrected chi connectivity index (χ0v) is 12.1. The van der Waals surface area contributed by atoms with E-state index in [4.69, 9.17) is 0 Å². The maximum absolute atomic E-state index is 11.8. The highest BCUT2D eigenvalue weighted by Crippen LogP contribution is 2.03. The second-order valence-electron chi connectivity index (χ2n) is 4.60. The molecule has 0 aromatic heterocycles. The summed E-state index contributed by atoms with van der Waals surface area (Å²) in [5.41, 5.74) is 1.02. The van der Waals surface area contributed by atoms with E-state index >= 15 is 0 Å². The molecular weight excluding hydrogens is 254 g/mol. The number of hydrogen-bond acceptors (Lipinski definition) is 3. The summed E-state index contributed by atoms with van der Waals surface area (Å²) >= 11 is 0. The van der Waals surface area contributed by atoms with Crippen LogP contribution in [0.3, 0.4) is 0 Å². The van der Waals surface area contributed by atoms with E-state index in [1.807, 2.05) is 37.3 Å². The van der Waals surface area contributed by atoms with Crippen LogP contribution in [0.25, 0.3) is 0 Å². The Balaban J connectivity index is 2.56. The fraction of sp³-hybridized carbons (Fsp3) is 0.467. The number of carbonyl (C=O) groups excluding carboxylic acids is 2. The maximum Gasteiger partial charge on any atom is 0.242 e. The van der Waals surface area contributed by atoms with Crippen molar-refractivity contribution in [1.29, 1.82) is 0 Å². The van der Waals surface area contributed by atoms with Crippen LogP contribution in [0.4, 0.5) is 0 Å². The minimum Gasteiger partial charge on any atom is -0.357 e. The third-order valence-electron chi connectivity index (χ3n) is 2.89. The molecule has 1 atom stereocenters. The van der Waals surface area contributed by atoms with Gasteiger partial charge >= 0.3 is 0 Å². The van der Waals surface area contributed by atoms with Crippen LogP contribution in [0.15, 0.2) is 30.3 Å². The Labute approximate surface area is 120 Å². The van der Waals surface area contributed by atoms with Crippen molar-refractivity contribution >= 4 is 11.8 Å². The van der Waals surface area contributed by atoms with Crippen molar-refractivity contribution in [3.63, 3.8) is 0 Å². The summed E-state index contributed by atoms with van der Waals surface area (Å²) in [5.74, 6) is -0.347. The Morgan fingerprint density at radius 1 is 1.20 bits per heavy atom. The molecule has 5 heteroatoms. The Morgan fingerprint density at radius 2 is 1.90 bits per heavy atom. The molecule has 0 bridgehead atoms. The molecule has 0 aliphatic carbocycles. The smallest absolute Gasteiger partial charge is 0.242 e. The van der Waals surface area contributed by atoms with Crippen LogP contribution in [0.1, 0.15) is 18.9 Å². The van der Waals surface area contributed by atoms with Gasteiger partial charge in [0.25, 0.3) is 0 Å². The minimum atomic E-state index is -0.543. The van der Waals surface area contributed by atoms with Crippen LogP contribution in [0.5, 0.6) is 0 Å². The number of benzene rings is 1. The molecule has 0 radical (unpaired) electrons. The quantitative estimate of drug-likeness (QED) is 0.605. The molecule has 20 heavy (non-hydrogen) atoms. The van der Waals surface area contributed by atoms with E-state index in [0.717, 1.165) is 18.5 Å². The number of carbonyl (C=O) groups is 2. The minimum absolute atomic E-state index is 0.164. The van der Waals surface area contributed by atoms with Gasteiger partial charge in [-0.1, -0.05) is 37.3 Å². The Morgan fingerprint density at radius 3 is 2.50 bits per heavy atom. The molecule has 1 aromatic rings. The van der Waals surface area contributed by atoms with Crippen molar-refractivity contribution in [2.45, 2.75) is 25.8 Å². The highest BCUT2D eigenvalue weighted by Gasteiger charge is 2.19. The first-order valence-electron chi connectivity index (χ1n) is 6.93. The predicted octanol–water partition coefficient (Wildman–Crippen LogP) is 0.460. The summed E-state index contributed by atoms with van der Waals surface area (Å²) < 4.78 is 0. The van der Waals surface area contributed by atoms with Gasteiger partial charge in [-0.3, -0.25) is 9.59 Å². The van der Waals surface area contributed by atoms with Crippen LogP contribution in [0.2, 0.25) is 0 Å². The fourth-order valence-electron chi connectivity index (χ4n) is 1.86. The predicted molar refractivity (Wildman–Crippen MR) is 79.3 cm³/mol. The van der Waals surface area contributed by atoms with Gasteiger partial charge in [0.15, 0.2) is 0 Å². The number of likely N-dealkylation sites (N-methyl/N-ethyl adjacent to an activating group) is 1. The van der Waals surface area contributed by atoms with Crippen molar-refractivity contribution in [3.05, 3.63) is 35.9 Å². The zero-order chi connectivity index (χ0) is 14.8. The lowest BCUT2D eigenvalue weighted by Crippen LogP contribution is -2.49. The van der Waals surface area contributed by atoms with Gasteiger partial charge in [0.05, 0.1) is 6.54 Å². The van der Waals surface area contributed by atoms with Gasteiger partial charge in [-0.05, 0) is 18.5 Å². The number of hydrogen-bond donors (Lipinski definition) is 3. The Kier molecular flexibility index (Phi) is 7.35. The monoisotopic (exact) mass is 277 g/mol. The van der Waals surface area contributed by atoms with Crippen molar-refractivity contribution in [2.75, 3.05) is 20.1 Å². The van der Waals surface area contributed by atoms with E-state index < -0.39 is 6.04 Å². The van der Waals surface area contributed by atoms with Crippen LogP contribution in [-0.4, -0.2) is 38.0 Å². The van der Waals surface area contributed by atoms with Crippen LogP contribution < -0.4 is 16.0 Å². The number of rotatable bonds is 8. The first-order valence-corrected chi connectivity index (χ1v) is 6.93. The lowest BCUT2D eigenvalue weighted by Gasteiger charge is -2.17. The summed E-state index contributed by atoms with van der Waals surface area (Å²) in [5, 5.41) is 8.36. The number of nitrogens with one attached hydrogen (secondary N) is 3. The zero-order valence-electron chi connectivity index (χ0n) is 12.1. The molecule has 0 aliphatic heterocycles. The van der Waals surface area contributed by atoms with Crippen molar-refractivity contribution in [1.82, 2.24) is 16.0 Å². The third kappa shape index (κ3) is 5.84. The topological polar surface area (TPSA) is 70.2 Å². The molecule has 0 fully saturated rings. The molecule has 3 N–H and O–H groups in total. The van der Waals surface area contributed by atoms with Crippen molar-refractivity contribution in [2.24, 2.45) is 0 Å². The molecule has 1 aromatic carbocycles. The summed E-state index contributed by atoms with van der Waals surface area (Å²) in [6.07, 6.45) is 1.45. The van der Waals surface area contributed by atoms with E-state index in [1.54, 1.807) is 7.05 Å². The molecular formula is C15H23N3O2. The molecule has 0 saturated carbocycles. The van der Waals surface area contributed by atoms with Gasteiger partial charge in [0.2, 0.25) is 11.8 Å². The van der Waals surface area contributed by atoms with Gasteiger partial charge in [-0.25, -0.2) is 0 Å². The van der Waals surface area contributed by atoms with Crippen LogP contribution in [-0.2, 0) is 16.0 Å². The molecule has 1 rings (SSSR count). The van der Waals surface area contributed by atoms with E-state index in [-0.39, 0.29) is 18.4 Å². The second kappa shape index (κ2) is 9.09. The van der Waals surface area contributed by atoms with Gasteiger partial charge < -0.3 is 16.0 Å². The molecule has 0 spiro atoms. The van der Waals surface area contributed by atoms with Crippen LogP contribution in [0, 0.1) is 0 Å². The standard InChI is InChI=1S/C15H23N3O2/c1-3-9-17-11-14(19)18-13(15(20)16-2)10-12-7-5-4-6-8-12/h4-8,13,17H,3,9-11H2,1-2H3,(H,16,20)(H,18,19)/t13-/m0/s1. The molecule has 2 amide bonds. The second-order valence-corrected chi connectivity index (χ2v) is 4.60. The highest BCUT2D eigenvalue weighted by atomic mass is 16.2. The summed E-state index contributed by atoms with van der Waals surface area (Å²) in [6.45, 7) is 3.06. The first kappa shape index (κ1) is 16.2. The summed E-state index contributed by atoms with van der Waals surface area (Å²) in [6, 6.07) is 9.10. The van der Waals surface area contributed by atoms with Crippen LogP contribution >= 0.6 is 0 Å². The van der Waals surface area contributed by atoms with Gasteiger partial charge in [0, 0.05) is 13.5 Å². The van der Waals surface area contributed by atoms with E-state index in [0.29, 0.717) is 6.42 Å². The largest absolute Gasteiger partial charge is 0.357 e. The molecule has 5 nitrogen and oxygen atoms in total. The van der Waals surface area contributed by atoms with Gasteiger partial charge in [0.1, 0.15) is 6.04 Å². The average Bonchev–Trinajstić information content (AvgIpc) is 2.47. The molecule has 0 heterocycles. The van der Waals surface area contributed by atoms with Crippen molar-refractivity contribution in [3.8, 4) is 0 Å². The normalized spacial score (nSPS) is 11.7. The van der Waals surface area contributed by atoms with E-state index in [1.165, 1.54) is 0 Å². The van der Waals surface area contributed by atoms with Crippen molar-refractivity contribution < 1.29 is 9.59 Å². The lowest BCUT2D eigenvalue weighted by molar-refractivity contribution is -0.128. The average molecular weight is 277 g/mol. The van der Waals surface area contributed by atoms with Gasteiger partial charge in [-0.2, -0.15) is 0 Å². The Bertz CT molecular complexity index is 420. The summed E-state index contributed by atoms with van der Waals surface area (Å²) in [7, 11) is 1.57. The third-order valence-corrected chi connectivity index (χ3v) is 2.89. The SMILES string of the molecule is CCCNCC(=O)N[C@@H](Cc1ccccc1)C(=O)NC. The molecule has 0 saturated heterocycles. The van der Waals surface area contributed by atoms with E-state index in [2.05, 4.69) is 16.0 Å². The molecule has 0 aliphatic rings. The van der Waals surface area contributed by atoms with Gasteiger partial charge in [-0.15, -0.1) is 0 Å². The highest BCUT2D eigenvalue weighted by molar-refractivity contribution is 5.88.